The Hall–Kier alpha value is -2.73. The largest absolute Gasteiger partial charge is 0.281 e. The Labute approximate surface area is 138 Å². The number of H-pyrrole nitrogens is 1. The Kier molecular flexibility index (Phi) is 4.34. The summed E-state index contributed by atoms with van der Waals surface area (Å²) in [6, 6.07) is 11.8. The number of thiophene rings is 1. The molecule has 3 aromatic rings. The molecule has 2 N–H and O–H groups in total. The average molecular weight is 324 g/mol. The maximum atomic E-state index is 11.9. The van der Waals surface area contributed by atoms with E-state index in [4.69, 9.17) is 0 Å². The predicted molar refractivity (Wildman–Crippen MR) is 92.9 cm³/mol. The second kappa shape index (κ2) is 6.58. The molecular formula is C17H16N4OS. The molecule has 3 rings (SSSR count). The molecule has 0 saturated heterocycles. The summed E-state index contributed by atoms with van der Waals surface area (Å²) in [6.07, 6.45) is 3.27. The first-order chi connectivity index (χ1) is 11.1. The highest BCUT2D eigenvalue weighted by Gasteiger charge is 2.08. The van der Waals surface area contributed by atoms with E-state index in [0.717, 1.165) is 21.7 Å². The van der Waals surface area contributed by atoms with Crippen LogP contribution in [0.2, 0.25) is 0 Å². The molecule has 23 heavy (non-hydrogen) atoms. The number of carbonyl (C=O) groups excluding carboxylic acids is 1. The normalized spacial score (nSPS) is 11.0. The Morgan fingerprint density at radius 1 is 1.22 bits per heavy atom. The molecule has 0 aliphatic rings. The van der Waals surface area contributed by atoms with Gasteiger partial charge in [-0.15, -0.1) is 11.3 Å². The highest BCUT2D eigenvalue weighted by molar-refractivity contribution is 7.13. The van der Waals surface area contributed by atoms with Crippen LogP contribution in [0.1, 0.15) is 25.7 Å². The number of benzene rings is 1. The molecule has 5 nitrogen and oxygen atoms in total. The lowest BCUT2D eigenvalue weighted by Crippen LogP contribution is -2.16. The van der Waals surface area contributed by atoms with Crippen molar-refractivity contribution in [1.82, 2.24) is 15.6 Å². The number of amides is 1. The maximum absolute atomic E-state index is 11.9. The van der Waals surface area contributed by atoms with Crippen molar-refractivity contribution in [1.29, 1.82) is 0 Å². The summed E-state index contributed by atoms with van der Waals surface area (Å²) < 4.78 is 0. The van der Waals surface area contributed by atoms with E-state index in [-0.39, 0.29) is 5.91 Å². The number of hydrogen-bond acceptors (Lipinski definition) is 4. The van der Waals surface area contributed by atoms with E-state index in [2.05, 4.69) is 20.7 Å². The van der Waals surface area contributed by atoms with E-state index in [0.29, 0.717) is 4.88 Å². The van der Waals surface area contributed by atoms with Gasteiger partial charge < -0.3 is 0 Å². The van der Waals surface area contributed by atoms with Crippen molar-refractivity contribution in [3.63, 3.8) is 0 Å². The Morgan fingerprint density at radius 2 is 2.00 bits per heavy atom. The topological polar surface area (TPSA) is 70.1 Å². The fourth-order valence-electron chi connectivity index (χ4n) is 2.12. The van der Waals surface area contributed by atoms with E-state index in [1.54, 1.807) is 18.5 Å². The first-order valence-corrected chi connectivity index (χ1v) is 7.95. The van der Waals surface area contributed by atoms with Crippen molar-refractivity contribution in [3.05, 3.63) is 63.5 Å². The first kappa shape index (κ1) is 15.2. The van der Waals surface area contributed by atoms with Crippen LogP contribution in [-0.2, 0) is 0 Å². The summed E-state index contributed by atoms with van der Waals surface area (Å²) in [4.78, 5) is 13.7. The van der Waals surface area contributed by atoms with Gasteiger partial charge in [0.25, 0.3) is 5.91 Å². The molecule has 0 atom stereocenters. The van der Waals surface area contributed by atoms with Crippen LogP contribution in [0.4, 0.5) is 0 Å². The number of hydrogen-bond donors (Lipinski definition) is 2. The minimum atomic E-state index is -0.209. The molecule has 0 saturated carbocycles. The molecular weight excluding hydrogens is 308 g/mol. The van der Waals surface area contributed by atoms with E-state index >= 15 is 0 Å². The second-order valence-corrected chi connectivity index (χ2v) is 6.46. The minimum Gasteiger partial charge on any atom is -0.277 e. The molecule has 2 heterocycles. The van der Waals surface area contributed by atoms with E-state index < -0.39 is 0 Å². The van der Waals surface area contributed by atoms with Gasteiger partial charge in [-0.1, -0.05) is 29.8 Å². The number of aryl methyl sites for hydroxylation is 2. The smallest absolute Gasteiger partial charge is 0.277 e. The SMILES string of the molecule is Cc1ccc(-c2[nH]ncc2C=NNC(=O)c2ccc(C)s2)cc1. The summed E-state index contributed by atoms with van der Waals surface area (Å²) in [6.45, 7) is 4.00. The molecule has 2 aromatic heterocycles. The monoisotopic (exact) mass is 324 g/mol. The maximum Gasteiger partial charge on any atom is 0.281 e. The van der Waals surface area contributed by atoms with Crippen LogP contribution in [0.3, 0.4) is 0 Å². The van der Waals surface area contributed by atoms with Crippen molar-refractivity contribution < 1.29 is 4.79 Å². The number of nitrogens with one attached hydrogen (secondary N) is 2. The van der Waals surface area contributed by atoms with Crippen molar-refractivity contribution in [3.8, 4) is 11.3 Å². The van der Waals surface area contributed by atoms with Gasteiger partial charge in [0.15, 0.2) is 0 Å². The fourth-order valence-corrected chi connectivity index (χ4v) is 2.87. The number of nitrogens with zero attached hydrogens (tertiary/aromatic N) is 2. The average Bonchev–Trinajstić information content (AvgIpc) is 3.17. The Bertz CT molecular complexity index is 846. The van der Waals surface area contributed by atoms with Gasteiger partial charge in [-0.2, -0.15) is 10.2 Å². The number of carbonyl (C=O) groups is 1. The lowest BCUT2D eigenvalue weighted by molar-refractivity contribution is 0.0959. The summed E-state index contributed by atoms with van der Waals surface area (Å²) in [5.41, 5.74) is 6.44. The Balaban J connectivity index is 1.72. The molecule has 1 aromatic carbocycles. The summed E-state index contributed by atoms with van der Waals surface area (Å²) in [5, 5.41) is 11.0. The van der Waals surface area contributed by atoms with Crippen LogP contribution in [0.5, 0.6) is 0 Å². The number of hydrazone groups is 1. The standard InChI is InChI=1S/C17H16N4OS/c1-11-3-6-13(7-4-11)16-14(9-18-20-16)10-19-21-17(22)15-8-5-12(2)23-15/h3-10H,1-2H3,(H,18,20)(H,21,22). The van der Waals surface area contributed by atoms with Gasteiger partial charge >= 0.3 is 0 Å². The van der Waals surface area contributed by atoms with Gasteiger partial charge in [-0.25, -0.2) is 5.43 Å². The zero-order valence-corrected chi connectivity index (χ0v) is 13.6. The molecule has 1 amide bonds. The van der Waals surface area contributed by atoms with E-state index in [1.165, 1.54) is 16.9 Å². The molecule has 6 heteroatoms. The lowest BCUT2D eigenvalue weighted by atomic mass is 10.1. The summed E-state index contributed by atoms with van der Waals surface area (Å²) >= 11 is 1.44. The molecule has 0 unspecified atom stereocenters. The van der Waals surface area contributed by atoms with Gasteiger partial charge in [0, 0.05) is 16.0 Å². The van der Waals surface area contributed by atoms with Crippen molar-refractivity contribution in [2.45, 2.75) is 13.8 Å². The van der Waals surface area contributed by atoms with Gasteiger partial charge in [-0.05, 0) is 26.0 Å². The first-order valence-electron chi connectivity index (χ1n) is 7.14. The number of aromatic amines is 1. The zero-order valence-electron chi connectivity index (χ0n) is 12.8. The molecule has 0 aliphatic heterocycles. The third-order valence-corrected chi connectivity index (χ3v) is 4.34. The predicted octanol–water partition coefficient (Wildman–Crippen LogP) is 3.52. The van der Waals surface area contributed by atoms with Crippen molar-refractivity contribution in [2.75, 3.05) is 0 Å². The van der Waals surface area contributed by atoms with Crippen molar-refractivity contribution in [2.24, 2.45) is 5.10 Å². The van der Waals surface area contributed by atoms with Crippen LogP contribution >= 0.6 is 11.3 Å². The molecule has 0 radical (unpaired) electrons. The lowest BCUT2D eigenvalue weighted by Gasteiger charge is -2.00. The van der Waals surface area contributed by atoms with Crippen molar-refractivity contribution >= 4 is 23.5 Å². The molecule has 0 fully saturated rings. The third-order valence-electron chi connectivity index (χ3n) is 3.34. The van der Waals surface area contributed by atoms with Gasteiger partial charge in [0.05, 0.1) is 23.0 Å². The quantitative estimate of drug-likeness (QED) is 0.569. The second-order valence-electron chi connectivity index (χ2n) is 5.18. The van der Waals surface area contributed by atoms with Crippen LogP contribution < -0.4 is 5.43 Å². The fraction of sp³-hybridized carbons (Fsp3) is 0.118. The summed E-state index contributed by atoms with van der Waals surface area (Å²) in [5.74, 6) is -0.209. The number of aromatic nitrogens is 2. The van der Waals surface area contributed by atoms with Crippen LogP contribution in [-0.4, -0.2) is 22.3 Å². The van der Waals surface area contributed by atoms with Gasteiger partial charge in [0.1, 0.15) is 0 Å². The third kappa shape index (κ3) is 3.54. The van der Waals surface area contributed by atoms with Crippen LogP contribution in [0, 0.1) is 13.8 Å². The molecule has 0 spiro atoms. The number of rotatable bonds is 4. The molecule has 0 bridgehead atoms. The van der Waals surface area contributed by atoms with Crippen LogP contribution in [0.15, 0.2) is 47.7 Å². The molecule has 0 aliphatic carbocycles. The van der Waals surface area contributed by atoms with Gasteiger partial charge in [-0.3, -0.25) is 9.89 Å². The minimum absolute atomic E-state index is 0.209. The van der Waals surface area contributed by atoms with Gasteiger partial charge in [0.2, 0.25) is 0 Å². The zero-order chi connectivity index (χ0) is 16.2. The highest BCUT2D eigenvalue weighted by atomic mass is 32.1. The summed E-state index contributed by atoms with van der Waals surface area (Å²) in [7, 11) is 0. The highest BCUT2D eigenvalue weighted by Crippen LogP contribution is 2.20. The van der Waals surface area contributed by atoms with Crippen LogP contribution in [0.25, 0.3) is 11.3 Å². The Morgan fingerprint density at radius 3 is 2.70 bits per heavy atom. The van der Waals surface area contributed by atoms with E-state index in [1.807, 2.05) is 44.2 Å². The molecule has 116 valence electrons. The van der Waals surface area contributed by atoms with E-state index in [9.17, 15) is 4.79 Å².